The maximum Gasteiger partial charge on any atom is 0.271 e. The minimum absolute atomic E-state index is 0.000850. The van der Waals surface area contributed by atoms with Gasteiger partial charge in [-0.15, -0.1) is 11.3 Å². The second kappa shape index (κ2) is 5.86. The van der Waals surface area contributed by atoms with Gasteiger partial charge in [0, 0.05) is 21.2 Å². The fourth-order valence-corrected chi connectivity index (χ4v) is 3.37. The summed E-state index contributed by atoms with van der Waals surface area (Å²) in [7, 11) is 0. The number of nitrogens with zero attached hydrogens (tertiary/aromatic N) is 2. The van der Waals surface area contributed by atoms with Gasteiger partial charge in [0.15, 0.2) is 4.96 Å². The van der Waals surface area contributed by atoms with Crippen LogP contribution in [0.2, 0.25) is 0 Å². The lowest BCUT2D eigenvalue weighted by atomic mass is 10.2. The van der Waals surface area contributed by atoms with Crippen molar-refractivity contribution in [2.75, 3.05) is 5.32 Å². The van der Waals surface area contributed by atoms with Gasteiger partial charge in [-0.1, -0.05) is 15.9 Å². The van der Waals surface area contributed by atoms with E-state index in [4.69, 9.17) is 0 Å². The molecule has 8 heteroatoms. The van der Waals surface area contributed by atoms with Gasteiger partial charge in [-0.25, -0.2) is 9.37 Å². The molecule has 23 heavy (non-hydrogen) atoms. The van der Waals surface area contributed by atoms with E-state index < -0.39 is 17.3 Å². The molecule has 2 heterocycles. The van der Waals surface area contributed by atoms with Gasteiger partial charge in [0.2, 0.25) is 0 Å². The molecule has 118 valence electrons. The number of thiazole rings is 1. The number of rotatable bonds is 2. The van der Waals surface area contributed by atoms with Gasteiger partial charge in [-0.3, -0.25) is 14.0 Å². The molecule has 0 aliphatic heterocycles. The Morgan fingerprint density at radius 1 is 1.39 bits per heavy atom. The van der Waals surface area contributed by atoms with Gasteiger partial charge in [0.1, 0.15) is 11.4 Å². The molecule has 0 saturated carbocycles. The van der Waals surface area contributed by atoms with Crippen LogP contribution in [0.1, 0.15) is 20.9 Å². The van der Waals surface area contributed by atoms with Gasteiger partial charge in [0.25, 0.3) is 11.5 Å². The van der Waals surface area contributed by atoms with Crippen LogP contribution in [0.4, 0.5) is 10.1 Å². The molecular formula is C15H11BrFN3O2S. The minimum atomic E-state index is -0.693. The molecule has 0 bridgehead atoms. The van der Waals surface area contributed by atoms with E-state index in [0.717, 1.165) is 10.6 Å². The van der Waals surface area contributed by atoms with Crippen molar-refractivity contribution in [3.8, 4) is 0 Å². The van der Waals surface area contributed by atoms with Crippen LogP contribution in [0, 0.1) is 19.7 Å². The number of hydrogen-bond acceptors (Lipinski definition) is 4. The van der Waals surface area contributed by atoms with Crippen LogP contribution >= 0.6 is 27.3 Å². The fourth-order valence-electron chi connectivity index (χ4n) is 2.11. The summed E-state index contributed by atoms with van der Waals surface area (Å²) in [6.07, 6.45) is 1.22. The molecule has 0 aliphatic carbocycles. The summed E-state index contributed by atoms with van der Waals surface area (Å²) in [4.78, 5) is 30.4. The van der Waals surface area contributed by atoms with Gasteiger partial charge in [0.05, 0.1) is 5.69 Å². The summed E-state index contributed by atoms with van der Waals surface area (Å²) < 4.78 is 15.8. The highest BCUT2D eigenvalue weighted by molar-refractivity contribution is 9.10. The molecule has 0 atom stereocenters. The zero-order valence-electron chi connectivity index (χ0n) is 12.2. The summed E-state index contributed by atoms with van der Waals surface area (Å²) in [5.41, 5.74) is 0.144. The Hall–Kier alpha value is -2.06. The van der Waals surface area contributed by atoms with Crippen molar-refractivity contribution in [3.05, 3.63) is 61.2 Å². The van der Waals surface area contributed by atoms with E-state index in [1.54, 1.807) is 13.0 Å². The molecule has 0 radical (unpaired) electrons. The lowest BCUT2D eigenvalue weighted by molar-refractivity contribution is 0.102. The predicted octanol–water partition coefficient (Wildman–Crippen LogP) is 3.53. The average molecular weight is 396 g/mol. The van der Waals surface area contributed by atoms with E-state index in [9.17, 15) is 14.0 Å². The zero-order chi connectivity index (χ0) is 16.7. The van der Waals surface area contributed by atoms with E-state index >= 15 is 0 Å². The SMILES string of the molecule is Cc1sc2ncc(C(=O)Nc3ccc(Br)cc3F)c(=O)n2c1C. The number of carbonyl (C=O) groups excluding carboxylic acids is 1. The maximum absolute atomic E-state index is 13.8. The van der Waals surface area contributed by atoms with Crippen molar-refractivity contribution in [1.29, 1.82) is 0 Å². The van der Waals surface area contributed by atoms with E-state index in [-0.39, 0.29) is 11.3 Å². The molecule has 0 saturated heterocycles. The molecule has 0 fully saturated rings. The van der Waals surface area contributed by atoms with Gasteiger partial charge < -0.3 is 5.32 Å². The minimum Gasteiger partial charge on any atom is -0.319 e. The van der Waals surface area contributed by atoms with Crippen LogP contribution < -0.4 is 10.9 Å². The van der Waals surface area contributed by atoms with Crippen molar-refractivity contribution in [2.24, 2.45) is 0 Å². The Morgan fingerprint density at radius 2 is 2.13 bits per heavy atom. The van der Waals surface area contributed by atoms with Crippen molar-refractivity contribution in [3.63, 3.8) is 0 Å². The first-order valence-corrected chi connectivity index (χ1v) is 8.23. The summed E-state index contributed by atoms with van der Waals surface area (Å²) >= 11 is 4.52. The van der Waals surface area contributed by atoms with Crippen LogP contribution in [-0.4, -0.2) is 15.3 Å². The first-order valence-electron chi connectivity index (χ1n) is 6.62. The molecule has 2 aromatic heterocycles. The first-order chi connectivity index (χ1) is 10.9. The lowest BCUT2D eigenvalue weighted by Crippen LogP contribution is -2.27. The number of benzene rings is 1. The third-order valence-corrected chi connectivity index (χ3v) is 5.01. The number of hydrogen-bond donors (Lipinski definition) is 1. The molecular weight excluding hydrogens is 385 g/mol. The molecule has 3 rings (SSSR count). The number of aryl methyl sites for hydroxylation is 2. The largest absolute Gasteiger partial charge is 0.319 e. The van der Waals surface area contributed by atoms with Crippen molar-refractivity contribution >= 4 is 43.8 Å². The number of carbonyl (C=O) groups is 1. The normalized spacial score (nSPS) is 11.0. The standard InChI is InChI=1S/C15H11BrFN3O2S/c1-7-8(2)23-15-18-6-10(14(22)20(7)15)13(21)19-12-4-3-9(16)5-11(12)17/h3-6H,1-2H3,(H,19,21). The average Bonchev–Trinajstić information content (AvgIpc) is 2.78. The van der Waals surface area contributed by atoms with Crippen LogP contribution in [-0.2, 0) is 0 Å². The molecule has 1 aromatic carbocycles. The van der Waals surface area contributed by atoms with Crippen LogP contribution in [0.3, 0.4) is 0 Å². The van der Waals surface area contributed by atoms with Gasteiger partial charge >= 0.3 is 0 Å². The van der Waals surface area contributed by atoms with E-state index in [2.05, 4.69) is 26.2 Å². The number of fused-ring (bicyclic) bond motifs is 1. The number of anilines is 1. The van der Waals surface area contributed by atoms with Crippen molar-refractivity contribution < 1.29 is 9.18 Å². The van der Waals surface area contributed by atoms with Gasteiger partial charge in [-0.05, 0) is 32.0 Å². The molecule has 3 aromatic rings. The van der Waals surface area contributed by atoms with Crippen LogP contribution in [0.15, 0.2) is 33.7 Å². The van der Waals surface area contributed by atoms with Crippen LogP contribution in [0.25, 0.3) is 4.96 Å². The second-order valence-corrected chi connectivity index (χ2v) is 7.01. The Balaban J connectivity index is 2.03. The third-order valence-electron chi connectivity index (χ3n) is 3.44. The lowest BCUT2D eigenvalue weighted by Gasteiger charge is -2.06. The summed E-state index contributed by atoms with van der Waals surface area (Å²) in [6.45, 7) is 3.67. The Morgan fingerprint density at radius 3 is 2.83 bits per heavy atom. The Bertz CT molecular complexity index is 996. The maximum atomic E-state index is 13.8. The first kappa shape index (κ1) is 15.8. The fraction of sp³-hybridized carbons (Fsp3) is 0.133. The quantitative estimate of drug-likeness (QED) is 0.721. The Kier molecular flexibility index (Phi) is 4.03. The Labute approximate surface area is 142 Å². The molecule has 0 unspecified atom stereocenters. The molecule has 1 N–H and O–H groups in total. The molecule has 0 aliphatic rings. The zero-order valence-corrected chi connectivity index (χ0v) is 14.6. The highest BCUT2D eigenvalue weighted by Crippen LogP contribution is 2.21. The van der Waals surface area contributed by atoms with Gasteiger partial charge in [-0.2, -0.15) is 0 Å². The highest BCUT2D eigenvalue weighted by atomic mass is 79.9. The summed E-state index contributed by atoms with van der Waals surface area (Å²) in [5.74, 6) is -1.29. The van der Waals surface area contributed by atoms with Crippen molar-refractivity contribution in [1.82, 2.24) is 9.38 Å². The third kappa shape index (κ3) is 2.79. The van der Waals surface area contributed by atoms with E-state index in [1.165, 1.54) is 34.1 Å². The van der Waals surface area contributed by atoms with Crippen LogP contribution in [0.5, 0.6) is 0 Å². The van der Waals surface area contributed by atoms with Crippen molar-refractivity contribution in [2.45, 2.75) is 13.8 Å². The highest BCUT2D eigenvalue weighted by Gasteiger charge is 2.17. The number of aromatic nitrogens is 2. The predicted molar refractivity (Wildman–Crippen MR) is 90.9 cm³/mol. The topological polar surface area (TPSA) is 63.5 Å². The molecule has 5 nitrogen and oxygen atoms in total. The monoisotopic (exact) mass is 395 g/mol. The summed E-state index contributed by atoms with van der Waals surface area (Å²) in [6, 6.07) is 4.25. The summed E-state index contributed by atoms with van der Waals surface area (Å²) in [5, 5.41) is 2.40. The van der Waals surface area contributed by atoms with E-state index in [0.29, 0.717) is 9.43 Å². The second-order valence-electron chi connectivity index (χ2n) is 4.92. The number of halogens is 2. The molecule has 1 amide bonds. The van der Waals surface area contributed by atoms with E-state index in [1.807, 2.05) is 6.92 Å². The number of nitrogens with one attached hydrogen (secondary N) is 1. The number of amides is 1. The molecule has 0 spiro atoms. The smallest absolute Gasteiger partial charge is 0.271 e.